The van der Waals surface area contributed by atoms with E-state index in [1.165, 1.54) is 4.90 Å². The van der Waals surface area contributed by atoms with Crippen LogP contribution in [-0.2, 0) is 9.47 Å². The van der Waals surface area contributed by atoms with Crippen LogP contribution in [0.15, 0.2) is 0 Å². The van der Waals surface area contributed by atoms with Gasteiger partial charge in [0.05, 0.1) is 19.3 Å². The Morgan fingerprint density at radius 3 is 3.00 bits per heavy atom. The molecule has 0 spiro atoms. The Kier molecular flexibility index (Phi) is 6.18. The molecule has 1 fully saturated rings. The van der Waals surface area contributed by atoms with Crippen LogP contribution >= 0.6 is 0 Å². The zero-order valence-electron chi connectivity index (χ0n) is 9.85. The zero-order valence-corrected chi connectivity index (χ0v) is 9.85. The average molecular weight is 231 g/mol. The summed E-state index contributed by atoms with van der Waals surface area (Å²) in [5.41, 5.74) is 0. The number of hydrogen-bond donors (Lipinski definition) is 1. The topological polar surface area (TPSA) is 59.0 Å². The molecular formula is C11H21NO4. The molecule has 1 saturated heterocycles. The van der Waals surface area contributed by atoms with Gasteiger partial charge in [0.2, 0.25) is 0 Å². The first-order chi connectivity index (χ1) is 7.74. The van der Waals surface area contributed by atoms with E-state index in [4.69, 9.17) is 14.6 Å². The number of carboxylic acid groups (broad SMARTS) is 1. The molecule has 1 amide bonds. The van der Waals surface area contributed by atoms with Crippen molar-refractivity contribution in [1.82, 2.24) is 4.90 Å². The van der Waals surface area contributed by atoms with Crippen molar-refractivity contribution in [1.29, 1.82) is 0 Å². The van der Waals surface area contributed by atoms with Crippen LogP contribution in [0.25, 0.3) is 0 Å². The van der Waals surface area contributed by atoms with Gasteiger partial charge < -0.3 is 19.5 Å². The highest BCUT2D eigenvalue weighted by Crippen LogP contribution is 2.12. The Labute approximate surface area is 96.3 Å². The molecule has 0 radical (unpaired) electrons. The minimum atomic E-state index is -0.840. The summed E-state index contributed by atoms with van der Waals surface area (Å²) < 4.78 is 10.5. The monoisotopic (exact) mass is 231 g/mol. The Bertz CT molecular complexity index is 210. The number of amides is 1. The van der Waals surface area contributed by atoms with E-state index in [-0.39, 0.29) is 6.10 Å². The lowest BCUT2D eigenvalue weighted by atomic mass is 10.1. The number of unbranched alkanes of at least 4 members (excludes halogenated alkanes) is 2. The van der Waals surface area contributed by atoms with Gasteiger partial charge in [-0.2, -0.15) is 0 Å². The Morgan fingerprint density at radius 1 is 1.50 bits per heavy atom. The standard InChI is InChI=1S/C11H21NO4/c1-15-7-4-2-3-5-10-9-12(11(13)14)6-8-16-10/h10H,2-9H2,1H3,(H,13,14). The van der Waals surface area contributed by atoms with Crippen molar-refractivity contribution in [3.8, 4) is 0 Å². The molecule has 0 saturated carbocycles. The number of ether oxygens (including phenoxy) is 2. The van der Waals surface area contributed by atoms with Crippen LogP contribution in [0.3, 0.4) is 0 Å². The van der Waals surface area contributed by atoms with Crippen molar-refractivity contribution in [2.75, 3.05) is 33.4 Å². The van der Waals surface area contributed by atoms with Gasteiger partial charge >= 0.3 is 6.09 Å². The quantitative estimate of drug-likeness (QED) is 0.705. The van der Waals surface area contributed by atoms with Crippen LogP contribution in [0.2, 0.25) is 0 Å². The molecule has 5 heteroatoms. The summed E-state index contributed by atoms with van der Waals surface area (Å²) in [5.74, 6) is 0. The van der Waals surface area contributed by atoms with Gasteiger partial charge in [0.25, 0.3) is 0 Å². The molecule has 5 nitrogen and oxygen atoms in total. The lowest BCUT2D eigenvalue weighted by Gasteiger charge is -2.31. The fraction of sp³-hybridized carbons (Fsp3) is 0.909. The van der Waals surface area contributed by atoms with E-state index in [0.717, 1.165) is 32.3 Å². The number of carbonyl (C=O) groups is 1. The maximum Gasteiger partial charge on any atom is 0.407 e. The molecule has 94 valence electrons. The van der Waals surface area contributed by atoms with Crippen LogP contribution in [-0.4, -0.2) is 55.6 Å². The number of nitrogens with zero attached hydrogens (tertiary/aromatic N) is 1. The van der Waals surface area contributed by atoms with E-state index >= 15 is 0 Å². The van der Waals surface area contributed by atoms with Crippen LogP contribution in [0, 0.1) is 0 Å². The Morgan fingerprint density at radius 2 is 2.31 bits per heavy atom. The molecule has 1 aliphatic rings. The summed E-state index contributed by atoms with van der Waals surface area (Å²) in [4.78, 5) is 12.2. The van der Waals surface area contributed by atoms with Crippen LogP contribution in [0.1, 0.15) is 25.7 Å². The van der Waals surface area contributed by atoms with E-state index in [9.17, 15) is 4.79 Å². The fourth-order valence-electron chi connectivity index (χ4n) is 1.86. The molecule has 1 rings (SSSR count). The van der Waals surface area contributed by atoms with Gasteiger partial charge in [-0.1, -0.05) is 12.8 Å². The molecule has 1 N–H and O–H groups in total. The second-order valence-electron chi connectivity index (χ2n) is 4.06. The lowest BCUT2D eigenvalue weighted by molar-refractivity contribution is -0.0264. The first kappa shape index (κ1) is 13.3. The molecule has 0 aliphatic carbocycles. The SMILES string of the molecule is COCCCCCC1CN(C(=O)O)CCO1. The largest absolute Gasteiger partial charge is 0.465 e. The maximum atomic E-state index is 10.8. The smallest absolute Gasteiger partial charge is 0.407 e. The molecule has 0 bridgehead atoms. The van der Waals surface area contributed by atoms with E-state index in [1.54, 1.807) is 7.11 Å². The van der Waals surface area contributed by atoms with Crippen molar-refractivity contribution in [3.05, 3.63) is 0 Å². The summed E-state index contributed by atoms with van der Waals surface area (Å²) in [7, 11) is 1.70. The van der Waals surface area contributed by atoms with Gasteiger partial charge in [-0.05, 0) is 12.8 Å². The number of morpholine rings is 1. The van der Waals surface area contributed by atoms with Crippen molar-refractivity contribution in [2.45, 2.75) is 31.8 Å². The van der Waals surface area contributed by atoms with Crippen molar-refractivity contribution in [3.63, 3.8) is 0 Å². The number of methoxy groups -OCH3 is 1. The van der Waals surface area contributed by atoms with Crippen LogP contribution in [0.5, 0.6) is 0 Å². The third-order valence-electron chi connectivity index (χ3n) is 2.78. The first-order valence-electron chi connectivity index (χ1n) is 5.82. The summed E-state index contributed by atoms with van der Waals surface area (Å²) in [6, 6.07) is 0. The van der Waals surface area contributed by atoms with Crippen LogP contribution < -0.4 is 0 Å². The number of rotatable bonds is 6. The molecular weight excluding hydrogens is 210 g/mol. The van der Waals surface area contributed by atoms with Crippen molar-refractivity contribution < 1.29 is 19.4 Å². The highest BCUT2D eigenvalue weighted by atomic mass is 16.5. The highest BCUT2D eigenvalue weighted by molar-refractivity contribution is 5.65. The summed E-state index contributed by atoms with van der Waals surface area (Å²) >= 11 is 0. The van der Waals surface area contributed by atoms with Gasteiger partial charge in [-0.25, -0.2) is 4.79 Å². The molecule has 1 unspecified atom stereocenters. The molecule has 1 aliphatic heterocycles. The van der Waals surface area contributed by atoms with Gasteiger partial charge in [-0.3, -0.25) is 0 Å². The summed E-state index contributed by atoms with van der Waals surface area (Å²) in [6.07, 6.45) is 3.42. The Balaban J connectivity index is 2.10. The minimum Gasteiger partial charge on any atom is -0.465 e. The van der Waals surface area contributed by atoms with Gasteiger partial charge in [-0.15, -0.1) is 0 Å². The second kappa shape index (κ2) is 7.46. The molecule has 16 heavy (non-hydrogen) atoms. The summed E-state index contributed by atoms with van der Waals surface area (Å²) in [5, 5.41) is 8.85. The third-order valence-corrected chi connectivity index (χ3v) is 2.78. The van der Waals surface area contributed by atoms with Crippen LogP contribution in [0.4, 0.5) is 4.79 Å². The van der Waals surface area contributed by atoms with Crippen molar-refractivity contribution >= 4 is 6.09 Å². The van der Waals surface area contributed by atoms with E-state index in [2.05, 4.69) is 0 Å². The maximum absolute atomic E-state index is 10.8. The van der Waals surface area contributed by atoms with E-state index in [0.29, 0.717) is 19.7 Å². The molecule has 0 aromatic carbocycles. The third kappa shape index (κ3) is 4.81. The van der Waals surface area contributed by atoms with Gasteiger partial charge in [0.1, 0.15) is 0 Å². The molecule has 1 atom stereocenters. The molecule has 1 heterocycles. The van der Waals surface area contributed by atoms with E-state index < -0.39 is 6.09 Å². The summed E-state index contributed by atoms with van der Waals surface area (Å²) in [6.45, 7) is 2.33. The minimum absolute atomic E-state index is 0.0763. The fourth-order valence-corrected chi connectivity index (χ4v) is 1.86. The zero-order chi connectivity index (χ0) is 11.8. The van der Waals surface area contributed by atoms with Gasteiger partial charge in [0.15, 0.2) is 0 Å². The van der Waals surface area contributed by atoms with Crippen molar-refractivity contribution in [2.24, 2.45) is 0 Å². The first-order valence-corrected chi connectivity index (χ1v) is 5.82. The van der Waals surface area contributed by atoms with E-state index in [1.807, 2.05) is 0 Å². The molecule has 0 aromatic rings. The average Bonchev–Trinajstić information content (AvgIpc) is 2.29. The predicted molar refractivity (Wildman–Crippen MR) is 59.7 cm³/mol. The second-order valence-corrected chi connectivity index (χ2v) is 4.06. The van der Waals surface area contributed by atoms with Gasteiger partial charge in [0, 0.05) is 20.3 Å². The lowest BCUT2D eigenvalue weighted by Crippen LogP contribution is -2.44. The Hall–Kier alpha value is -0.810. The molecule has 0 aromatic heterocycles. The predicted octanol–water partition coefficient (Wildman–Crippen LogP) is 1.57. The highest BCUT2D eigenvalue weighted by Gasteiger charge is 2.22. The number of hydrogen-bond acceptors (Lipinski definition) is 3. The normalized spacial score (nSPS) is 21.1.